The monoisotopic (exact) mass is 517 g/mol. The smallest absolute Gasteiger partial charge is 0.253 e. The molecule has 2 N–H and O–H groups in total. The predicted octanol–water partition coefficient (Wildman–Crippen LogP) is 3.33. The van der Waals surface area contributed by atoms with Crippen molar-refractivity contribution in [3.05, 3.63) is 52.7 Å². The largest absolute Gasteiger partial charge is 0.493 e. The lowest BCUT2D eigenvalue weighted by Gasteiger charge is -2.43. The highest BCUT2D eigenvalue weighted by Crippen LogP contribution is 2.40. The van der Waals surface area contributed by atoms with Gasteiger partial charge in [0.2, 0.25) is 0 Å². The molecule has 3 fully saturated rings. The summed E-state index contributed by atoms with van der Waals surface area (Å²) >= 11 is 0. The van der Waals surface area contributed by atoms with Gasteiger partial charge >= 0.3 is 0 Å². The molecule has 38 heavy (non-hydrogen) atoms. The Bertz CT molecular complexity index is 1200. The molecule has 6 rings (SSSR count). The van der Waals surface area contributed by atoms with Crippen molar-refractivity contribution in [3.63, 3.8) is 0 Å². The summed E-state index contributed by atoms with van der Waals surface area (Å²) in [5.74, 6) is 2.30. The number of fused-ring (bicyclic) bond motifs is 2. The van der Waals surface area contributed by atoms with Crippen LogP contribution in [0.3, 0.4) is 0 Å². The molecule has 4 heterocycles. The summed E-state index contributed by atoms with van der Waals surface area (Å²) < 4.78 is 5.78. The van der Waals surface area contributed by atoms with Gasteiger partial charge < -0.3 is 25.2 Å². The second-order valence-electron chi connectivity index (χ2n) is 11.4. The highest BCUT2D eigenvalue weighted by molar-refractivity contribution is 5.96. The number of aromatic nitrogens is 1. The van der Waals surface area contributed by atoms with Crippen molar-refractivity contribution in [1.29, 1.82) is 0 Å². The number of carbonyl (C=O) groups is 2. The molecule has 202 valence electrons. The van der Waals surface area contributed by atoms with Gasteiger partial charge in [-0.15, -0.1) is 0 Å². The molecule has 4 aliphatic rings. The van der Waals surface area contributed by atoms with Crippen LogP contribution in [0.25, 0.3) is 0 Å². The number of benzene rings is 1. The van der Waals surface area contributed by atoms with E-state index in [1.165, 1.54) is 12.0 Å². The number of likely N-dealkylation sites (tertiary alicyclic amines) is 1. The van der Waals surface area contributed by atoms with E-state index in [-0.39, 0.29) is 23.9 Å². The number of nitrogens with one attached hydrogen (secondary N) is 2. The molecule has 1 aromatic heterocycles. The Morgan fingerprint density at radius 2 is 1.87 bits per heavy atom. The Balaban J connectivity index is 1.09. The summed E-state index contributed by atoms with van der Waals surface area (Å²) in [6, 6.07) is 8.66. The molecule has 2 aromatic rings. The third kappa shape index (κ3) is 4.86. The van der Waals surface area contributed by atoms with E-state index in [1.54, 1.807) is 6.20 Å². The molecule has 1 aromatic carbocycles. The zero-order valence-corrected chi connectivity index (χ0v) is 22.5. The fourth-order valence-electron chi connectivity index (χ4n) is 6.71. The topological polar surface area (TPSA) is 86.8 Å². The van der Waals surface area contributed by atoms with Crippen LogP contribution in [-0.4, -0.2) is 72.6 Å². The van der Waals surface area contributed by atoms with Crippen LogP contribution < -0.4 is 20.3 Å². The Kier molecular flexibility index (Phi) is 6.99. The number of anilines is 1. The molecule has 0 bridgehead atoms. The van der Waals surface area contributed by atoms with Crippen LogP contribution in [-0.2, 0) is 6.42 Å². The minimum atomic E-state index is -0.0422. The molecule has 2 amide bonds. The number of hydrogen-bond acceptors (Lipinski definition) is 6. The summed E-state index contributed by atoms with van der Waals surface area (Å²) in [6.45, 7) is 8.66. The first kappa shape index (κ1) is 25.2. The van der Waals surface area contributed by atoms with E-state index in [0.717, 1.165) is 75.4 Å². The first-order valence-electron chi connectivity index (χ1n) is 14.3. The highest BCUT2D eigenvalue weighted by Gasteiger charge is 2.40. The standard InChI is InChI=1S/C30H39N5O3/c1-3-34-13-10-24(18-34)33-29(36)22-6-9-27(31-17-22)35-14-11-23(16-21-5-8-26(21)35)32-30(37)25-7-4-20-12-15-38-28(20)19(25)2/h4,6-7,9,17,21,23-24,26H,3,5,8,10-16,18H2,1-2H3,(H,32,37)(H,33,36)/t21?,23?,24-,26?/m1/s1. The fourth-order valence-corrected chi connectivity index (χ4v) is 6.71. The van der Waals surface area contributed by atoms with Crippen molar-refractivity contribution in [2.24, 2.45) is 5.92 Å². The van der Waals surface area contributed by atoms with Crippen LogP contribution in [0.1, 0.15) is 70.9 Å². The molecule has 1 aliphatic carbocycles. The summed E-state index contributed by atoms with van der Waals surface area (Å²) in [7, 11) is 0. The van der Waals surface area contributed by atoms with Gasteiger partial charge in [-0.05, 0) is 75.3 Å². The van der Waals surface area contributed by atoms with E-state index >= 15 is 0 Å². The van der Waals surface area contributed by atoms with Gasteiger partial charge in [-0.1, -0.05) is 13.0 Å². The fraction of sp³-hybridized carbons (Fsp3) is 0.567. The number of carbonyl (C=O) groups excluding carboxylic acids is 2. The van der Waals surface area contributed by atoms with Gasteiger partial charge in [-0.2, -0.15) is 0 Å². The summed E-state index contributed by atoms with van der Waals surface area (Å²) in [4.78, 5) is 35.5. The predicted molar refractivity (Wildman–Crippen MR) is 147 cm³/mol. The average Bonchev–Trinajstić information content (AvgIpc) is 3.56. The molecular formula is C30H39N5O3. The van der Waals surface area contributed by atoms with Crippen molar-refractivity contribution < 1.29 is 14.3 Å². The molecule has 4 atom stereocenters. The number of pyridine rings is 1. The quantitative estimate of drug-likeness (QED) is 0.611. The van der Waals surface area contributed by atoms with Crippen LogP contribution in [0.2, 0.25) is 0 Å². The third-order valence-electron chi connectivity index (χ3n) is 9.13. The van der Waals surface area contributed by atoms with Crippen LogP contribution in [0.5, 0.6) is 5.75 Å². The van der Waals surface area contributed by atoms with Gasteiger partial charge in [0, 0.05) is 61.5 Å². The van der Waals surface area contributed by atoms with Crippen molar-refractivity contribution in [2.75, 3.05) is 37.7 Å². The van der Waals surface area contributed by atoms with Gasteiger partial charge in [0.05, 0.1) is 12.2 Å². The molecule has 0 spiro atoms. The Labute approximate surface area is 225 Å². The van der Waals surface area contributed by atoms with Gasteiger partial charge in [-0.25, -0.2) is 4.98 Å². The number of amides is 2. The molecule has 0 radical (unpaired) electrons. The average molecular weight is 518 g/mol. The van der Waals surface area contributed by atoms with Crippen molar-refractivity contribution in [2.45, 2.75) is 70.5 Å². The molecule has 1 saturated carbocycles. The van der Waals surface area contributed by atoms with E-state index in [4.69, 9.17) is 9.72 Å². The lowest BCUT2D eigenvalue weighted by molar-refractivity contribution is 0.0920. The van der Waals surface area contributed by atoms with Crippen LogP contribution in [0, 0.1) is 12.8 Å². The lowest BCUT2D eigenvalue weighted by atomic mass is 9.76. The Morgan fingerprint density at radius 3 is 2.61 bits per heavy atom. The van der Waals surface area contributed by atoms with E-state index < -0.39 is 0 Å². The number of ether oxygens (including phenoxy) is 1. The first-order valence-corrected chi connectivity index (χ1v) is 14.3. The van der Waals surface area contributed by atoms with Crippen molar-refractivity contribution >= 4 is 17.6 Å². The van der Waals surface area contributed by atoms with Crippen molar-refractivity contribution in [3.8, 4) is 5.75 Å². The van der Waals surface area contributed by atoms with Crippen LogP contribution in [0.4, 0.5) is 5.82 Å². The highest BCUT2D eigenvalue weighted by atomic mass is 16.5. The van der Waals surface area contributed by atoms with E-state index in [1.807, 2.05) is 31.2 Å². The van der Waals surface area contributed by atoms with Gasteiger partial charge in [0.25, 0.3) is 11.8 Å². The number of rotatable bonds is 6. The molecular weight excluding hydrogens is 478 g/mol. The molecule has 2 saturated heterocycles. The molecule has 3 aliphatic heterocycles. The van der Waals surface area contributed by atoms with Gasteiger partial charge in [0.15, 0.2) is 0 Å². The SMILES string of the molecule is CCN1CC[C@@H](NC(=O)c2ccc(N3CCC(NC(=O)c4ccc5c(c4C)OCC5)CC4CCC43)nc2)C1. The van der Waals surface area contributed by atoms with E-state index in [0.29, 0.717) is 29.7 Å². The Hall–Kier alpha value is -3.13. The Morgan fingerprint density at radius 1 is 1.03 bits per heavy atom. The molecule has 8 heteroatoms. The van der Waals surface area contributed by atoms with Crippen LogP contribution in [0.15, 0.2) is 30.5 Å². The maximum Gasteiger partial charge on any atom is 0.253 e. The van der Waals surface area contributed by atoms with Crippen molar-refractivity contribution in [1.82, 2.24) is 20.5 Å². The lowest BCUT2D eigenvalue weighted by Crippen LogP contribution is -2.47. The summed E-state index contributed by atoms with van der Waals surface area (Å²) in [5.41, 5.74) is 3.47. The van der Waals surface area contributed by atoms with Gasteiger partial charge in [0.1, 0.15) is 11.6 Å². The number of nitrogens with zero attached hydrogens (tertiary/aromatic N) is 3. The number of hydrogen-bond donors (Lipinski definition) is 2. The van der Waals surface area contributed by atoms with Gasteiger partial charge in [-0.3, -0.25) is 9.59 Å². The maximum atomic E-state index is 13.2. The summed E-state index contributed by atoms with van der Waals surface area (Å²) in [6.07, 6.45) is 7.82. The van der Waals surface area contributed by atoms with Crippen LogP contribution >= 0.6 is 0 Å². The molecule has 3 unspecified atom stereocenters. The summed E-state index contributed by atoms with van der Waals surface area (Å²) in [5, 5.41) is 6.50. The second kappa shape index (κ2) is 10.6. The minimum absolute atomic E-state index is 0.00654. The minimum Gasteiger partial charge on any atom is -0.493 e. The zero-order chi connectivity index (χ0) is 26.2. The third-order valence-corrected chi connectivity index (χ3v) is 9.13. The first-order chi connectivity index (χ1) is 18.5. The number of likely N-dealkylation sites (N-methyl/N-ethyl adjacent to an activating group) is 1. The maximum absolute atomic E-state index is 13.2. The van der Waals surface area contributed by atoms with E-state index in [2.05, 4.69) is 27.4 Å². The van der Waals surface area contributed by atoms with E-state index in [9.17, 15) is 9.59 Å². The normalized spacial score (nSPS) is 26.5. The zero-order valence-electron chi connectivity index (χ0n) is 22.5. The second-order valence-corrected chi connectivity index (χ2v) is 11.4. The molecule has 8 nitrogen and oxygen atoms in total.